The van der Waals surface area contributed by atoms with E-state index in [4.69, 9.17) is 4.74 Å². The summed E-state index contributed by atoms with van der Waals surface area (Å²) in [5, 5.41) is 0. The molecule has 0 radical (unpaired) electrons. The van der Waals surface area contributed by atoms with E-state index in [1.54, 1.807) is 32.0 Å². The largest absolute Gasteiger partial charge is 0.636 e. The van der Waals surface area contributed by atoms with Gasteiger partial charge in [0, 0.05) is 0 Å². The van der Waals surface area contributed by atoms with E-state index in [1.807, 2.05) is 6.07 Å². The minimum Gasteiger partial charge on any atom is -0.386 e. The predicted molar refractivity (Wildman–Crippen MR) is 56.4 cm³/mol. The average Bonchev–Trinajstić information content (AvgIpc) is 2.21. The maximum atomic E-state index is 11.2. The second kappa shape index (κ2) is 5.59. The third-order valence-electron chi connectivity index (χ3n) is 1.69. The SMILES string of the molecule is CCO[P+](=O)C(=O)Oc1ccccc1C. The first-order valence-corrected chi connectivity index (χ1v) is 5.70. The van der Waals surface area contributed by atoms with Crippen LogP contribution in [0.25, 0.3) is 0 Å². The highest BCUT2D eigenvalue weighted by Gasteiger charge is 2.34. The molecule has 0 saturated carbocycles. The molecule has 0 aromatic heterocycles. The minimum atomic E-state index is -2.39. The van der Waals surface area contributed by atoms with Crippen LogP contribution < -0.4 is 4.74 Å². The van der Waals surface area contributed by atoms with Crippen molar-refractivity contribution in [1.82, 2.24) is 0 Å². The van der Waals surface area contributed by atoms with E-state index in [0.29, 0.717) is 5.75 Å². The Morgan fingerprint density at radius 1 is 1.40 bits per heavy atom. The van der Waals surface area contributed by atoms with Crippen LogP contribution >= 0.6 is 8.03 Å². The molecule has 1 unspecified atom stereocenters. The summed E-state index contributed by atoms with van der Waals surface area (Å²) in [5.74, 6) is 0.408. The Hall–Kier alpha value is -1.25. The molecule has 1 atom stereocenters. The number of carbonyl (C=O) groups excluding carboxylic acids is 1. The van der Waals surface area contributed by atoms with Crippen LogP contribution in [0, 0.1) is 6.92 Å². The molecule has 15 heavy (non-hydrogen) atoms. The lowest BCUT2D eigenvalue weighted by atomic mass is 10.2. The van der Waals surface area contributed by atoms with Gasteiger partial charge in [0.1, 0.15) is 12.4 Å². The van der Waals surface area contributed by atoms with Gasteiger partial charge in [-0.2, -0.15) is 4.79 Å². The van der Waals surface area contributed by atoms with Crippen molar-refractivity contribution >= 4 is 13.7 Å². The molecule has 0 spiro atoms. The van der Waals surface area contributed by atoms with Gasteiger partial charge < -0.3 is 4.74 Å². The molecule has 80 valence electrons. The Balaban J connectivity index is 2.67. The van der Waals surface area contributed by atoms with E-state index in [-0.39, 0.29) is 6.61 Å². The number of ether oxygens (including phenoxy) is 1. The van der Waals surface area contributed by atoms with Crippen LogP contribution in [0.2, 0.25) is 0 Å². The van der Waals surface area contributed by atoms with Gasteiger partial charge in [-0.05, 0) is 30.0 Å². The molecule has 0 heterocycles. The van der Waals surface area contributed by atoms with E-state index >= 15 is 0 Å². The molecule has 1 aromatic rings. The highest BCUT2D eigenvalue weighted by atomic mass is 31.1. The zero-order valence-corrected chi connectivity index (χ0v) is 9.49. The van der Waals surface area contributed by atoms with Crippen molar-refractivity contribution in [3.05, 3.63) is 29.8 Å². The lowest BCUT2D eigenvalue weighted by Crippen LogP contribution is -2.02. The average molecular weight is 227 g/mol. The molecule has 1 aromatic carbocycles. The normalized spacial score (nSPS) is 10.9. The van der Waals surface area contributed by atoms with Crippen molar-refractivity contribution in [1.29, 1.82) is 0 Å². The van der Waals surface area contributed by atoms with Gasteiger partial charge in [-0.25, -0.2) is 0 Å². The number of rotatable bonds is 4. The Morgan fingerprint density at radius 3 is 2.67 bits per heavy atom. The standard InChI is InChI=1S/C10H12O4P/c1-3-13-15(12)10(11)14-9-7-5-4-6-8(9)2/h4-7H,3H2,1-2H3/q+1. The lowest BCUT2D eigenvalue weighted by Gasteiger charge is -2.00. The van der Waals surface area contributed by atoms with Gasteiger partial charge in [-0.15, -0.1) is 4.52 Å². The third-order valence-corrected chi connectivity index (χ3v) is 2.57. The first-order chi connectivity index (χ1) is 7.15. The number of carbonyl (C=O) groups is 1. The van der Waals surface area contributed by atoms with Crippen molar-refractivity contribution in [2.45, 2.75) is 13.8 Å². The lowest BCUT2D eigenvalue weighted by molar-refractivity contribution is 0.218. The van der Waals surface area contributed by atoms with Crippen LogP contribution in [0.1, 0.15) is 12.5 Å². The summed E-state index contributed by atoms with van der Waals surface area (Å²) >= 11 is 0. The molecule has 0 aliphatic rings. The van der Waals surface area contributed by atoms with Gasteiger partial charge in [0.05, 0.1) is 0 Å². The first-order valence-electron chi connectivity index (χ1n) is 4.52. The molecule has 0 aliphatic carbocycles. The summed E-state index contributed by atoms with van der Waals surface area (Å²) in [4.78, 5) is 11.2. The van der Waals surface area contributed by atoms with Crippen molar-refractivity contribution in [3.8, 4) is 5.75 Å². The molecule has 1 rings (SSSR count). The van der Waals surface area contributed by atoms with Crippen LogP contribution in [0.5, 0.6) is 5.75 Å². The molecular formula is C10H12O4P+. The Labute approximate surface area is 89.1 Å². The molecule has 0 amide bonds. The topological polar surface area (TPSA) is 52.6 Å². The maximum absolute atomic E-state index is 11.2. The van der Waals surface area contributed by atoms with Gasteiger partial charge in [0.15, 0.2) is 0 Å². The van der Waals surface area contributed by atoms with Crippen LogP contribution in [-0.4, -0.2) is 12.3 Å². The number of hydrogen-bond donors (Lipinski definition) is 0. The maximum Gasteiger partial charge on any atom is 0.636 e. The molecule has 0 saturated heterocycles. The second-order valence-electron chi connectivity index (χ2n) is 2.81. The zero-order chi connectivity index (χ0) is 11.3. The highest BCUT2D eigenvalue weighted by molar-refractivity contribution is 7.58. The van der Waals surface area contributed by atoms with Crippen LogP contribution in [0.4, 0.5) is 4.79 Å². The van der Waals surface area contributed by atoms with E-state index in [9.17, 15) is 9.36 Å². The van der Waals surface area contributed by atoms with Gasteiger partial charge in [-0.3, -0.25) is 0 Å². The number of para-hydroxylation sites is 1. The van der Waals surface area contributed by atoms with E-state index in [1.165, 1.54) is 0 Å². The van der Waals surface area contributed by atoms with E-state index < -0.39 is 13.7 Å². The fourth-order valence-electron chi connectivity index (χ4n) is 0.972. The second-order valence-corrected chi connectivity index (χ2v) is 3.95. The monoisotopic (exact) mass is 227 g/mol. The molecular weight excluding hydrogens is 215 g/mol. The van der Waals surface area contributed by atoms with E-state index in [2.05, 4.69) is 4.52 Å². The zero-order valence-electron chi connectivity index (χ0n) is 8.60. The first kappa shape index (κ1) is 11.8. The van der Waals surface area contributed by atoms with Crippen LogP contribution in [0.15, 0.2) is 24.3 Å². The molecule has 0 aliphatic heterocycles. The molecule has 5 heteroatoms. The minimum absolute atomic E-state index is 0.220. The summed E-state index contributed by atoms with van der Waals surface area (Å²) in [6, 6.07) is 7.01. The van der Waals surface area contributed by atoms with E-state index in [0.717, 1.165) is 5.56 Å². The Bertz CT molecular complexity index is 375. The Kier molecular flexibility index (Phi) is 4.40. The highest BCUT2D eigenvalue weighted by Crippen LogP contribution is 2.27. The van der Waals surface area contributed by atoms with Gasteiger partial charge in [0.2, 0.25) is 0 Å². The number of aryl methyl sites for hydroxylation is 1. The molecule has 0 fully saturated rings. The van der Waals surface area contributed by atoms with Crippen LogP contribution in [0.3, 0.4) is 0 Å². The summed E-state index contributed by atoms with van der Waals surface area (Å²) in [6.45, 7) is 3.68. The fourth-order valence-corrected chi connectivity index (χ4v) is 1.49. The molecule has 4 nitrogen and oxygen atoms in total. The van der Waals surface area contributed by atoms with Crippen molar-refractivity contribution in [3.63, 3.8) is 0 Å². The third kappa shape index (κ3) is 3.42. The Morgan fingerprint density at radius 2 is 2.07 bits per heavy atom. The number of hydrogen-bond acceptors (Lipinski definition) is 4. The van der Waals surface area contributed by atoms with Gasteiger partial charge in [-0.1, -0.05) is 18.2 Å². The number of benzene rings is 1. The summed E-state index contributed by atoms with van der Waals surface area (Å²) in [7, 11) is -2.39. The summed E-state index contributed by atoms with van der Waals surface area (Å²) in [6.07, 6.45) is 0. The van der Waals surface area contributed by atoms with Crippen molar-refractivity contribution < 1.29 is 18.6 Å². The summed E-state index contributed by atoms with van der Waals surface area (Å²) < 4.78 is 20.7. The summed E-state index contributed by atoms with van der Waals surface area (Å²) in [5.41, 5.74) is -0.0353. The van der Waals surface area contributed by atoms with Gasteiger partial charge in [0.25, 0.3) is 0 Å². The fraction of sp³-hybridized carbons (Fsp3) is 0.300. The van der Waals surface area contributed by atoms with Crippen molar-refractivity contribution in [2.75, 3.05) is 6.61 Å². The molecule has 0 bridgehead atoms. The van der Waals surface area contributed by atoms with Crippen molar-refractivity contribution in [2.24, 2.45) is 0 Å². The molecule has 0 N–H and O–H groups in total. The van der Waals surface area contributed by atoms with Crippen LogP contribution in [-0.2, 0) is 9.09 Å². The quantitative estimate of drug-likeness (QED) is 0.740. The smallest absolute Gasteiger partial charge is 0.386 e. The predicted octanol–water partition coefficient (Wildman–Crippen LogP) is 3.27. The van der Waals surface area contributed by atoms with Gasteiger partial charge >= 0.3 is 13.7 Å².